The quantitative estimate of drug-likeness (QED) is 0.609. The van der Waals surface area contributed by atoms with Crippen molar-refractivity contribution in [1.82, 2.24) is 14.4 Å². The summed E-state index contributed by atoms with van der Waals surface area (Å²) in [7, 11) is 0. The van der Waals surface area contributed by atoms with Crippen molar-refractivity contribution in [1.29, 1.82) is 0 Å². The van der Waals surface area contributed by atoms with Gasteiger partial charge in [-0.25, -0.2) is 0 Å². The Morgan fingerprint density at radius 2 is 2.25 bits per heavy atom. The molecule has 2 aromatic rings. The molecule has 0 atom stereocenters. The average Bonchev–Trinajstić information content (AvgIpc) is 2.55. The molecule has 0 aliphatic carbocycles. The summed E-state index contributed by atoms with van der Waals surface area (Å²) >= 11 is 0. The molecular formula is C9H11N5O2. The third kappa shape index (κ3) is 1.46. The molecular weight excluding hydrogens is 210 g/mol. The zero-order chi connectivity index (χ0) is 11.9. The van der Waals surface area contributed by atoms with Gasteiger partial charge in [-0.1, -0.05) is 13.8 Å². The fourth-order valence-corrected chi connectivity index (χ4v) is 1.52. The SMILES string of the molecule is CC(C)c1nc2ncc(N)cn2c1[N+](=O)[O-]. The van der Waals surface area contributed by atoms with Crippen LogP contribution in [0.4, 0.5) is 11.5 Å². The van der Waals surface area contributed by atoms with E-state index in [1.807, 2.05) is 13.8 Å². The summed E-state index contributed by atoms with van der Waals surface area (Å²) in [5.74, 6) is 0.192. The third-order valence-electron chi connectivity index (χ3n) is 2.22. The number of nitrogens with zero attached hydrogens (tertiary/aromatic N) is 4. The Balaban J connectivity index is 2.82. The minimum Gasteiger partial charge on any atom is -0.395 e. The Bertz CT molecular complexity index is 560. The molecule has 2 rings (SSSR count). The van der Waals surface area contributed by atoms with Crippen LogP contribution >= 0.6 is 0 Å². The fourth-order valence-electron chi connectivity index (χ4n) is 1.52. The summed E-state index contributed by atoms with van der Waals surface area (Å²) in [6.45, 7) is 3.69. The fraction of sp³-hybridized carbons (Fsp3) is 0.333. The second kappa shape index (κ2) is 3.44. The second-order valence-electron chi connectivity index (χ2n) is 3.79. The first kappa shape index (κ1) is 10.3. The maximum Gasteiger partial charge on any atom is 0.352 e. The molecule has 0 fully saturated rings. The van der Waals surface area contributed by atoms with Gasteiger partial charge in [-0.3, -0.25) is 0 Å². The van der Waals surface area contributed by atoms with Gasteiger partial charge in [-0.05, 0) is 4.92 Å². The van der Waals surface area contributed by atoms with E-state index in [-0.39, 0.29) is 11.7 Å². The Morgan fingerprint density at radius 1 is 1.56 bits per heavy atom. The number of fused-ring (bicyclic) bond motifs is 1. The van der Waals surface area contributed by atoms with Crippen LogP contribution in [0.1, 0.15) is 25.5 Å². The number of hydrogen-bond acceptors (Lipinski definition) is 5. The third-order valence-corrected chi connectivity index (χ3v) is 2.22. The molecule has 0 unspecified atom stereocenters. The molecule has 0 amide bonds. The maximum absolute atomic E-state index is 11.0. The van der Waals surface area contributed by atoms with E-state index in [0.717, 1.165) is 0 Å². The highest BCUT2D eigenvalue weighted by atomic mass is 16.6. The largest absolute Gasteiger partial charge is 0.395 e. The highest BCUT2D eigenvalue weighted by molar-refractivity contribution is 5.49. The van der Waals surface area contributed by atoms with E-state index in [4.69, 9.17) is 5.73 Å². The van der Waals surface area contributed by atoms with E-state index in [0.29, 0.717) is 17.2 Å². The van der Waals surface area contributed by atoms with Crippen LogP contribution in [0.25, 0.3) is 5.78 Å². The highest BCUT2D eigenvalue weighted by Crippen LogP contribution is 2.26. The van der Waals surface area contributed by atoms with E-state index < -0.39 is 4.92 Å². The predicted octanol–water partition coefficient (Wildman–Crippen LogP) is 1.34. The Labute approximate surface area is 91.1 Å². The molecule has 0 aliphatic heterocycles. The van der Waals surface area contributed by atoms with Gasteiger partial charge in [0.25, 0.3) is 0 Å². The Hall–Kier alpha value is -2.18. The highest BCUT2D eigenvalue weighted by Gasteiger charge is 2.25. The van der Waals surface area contributed by atoms with Crippen LogP contribution in [-0.2, 0) is 0 Å². The average molecular weight is 221 g/mol. The molecule has 84 valence electrons. The van der Waals surface area contributed by atoms with Crippen molar-refractivity contribution in [2.75, 3.05) is 5.73 Å². The standard InChI is InChI=1S/C9H11N5O2/c1-5(2)7-8(14(15)16)13-4-6(10)3-11-9(13)12-7/h3-5H,10H2,1-2H3. The van der Waals surface area contributed by atoms with Gasteiger partial charge in [0.1, 0.15) is 11.9 Å². The lowest BCUT2D eigenvalue weighted by atomic mass is 10.1. The van der Waals surface area contributed by atoms with E-state index in [1.54, 1.807) is 0 Å². The number of aromatic nitrogens is 3. The van der Waals surface area contributed by atoms with Crippen LogP contribution in [0.3, 0.4) is 0 Å². The van der Waals surface area contributed by atoms with Crippen molar-refractivity contribution >= 4 is 17.3 Å². The number of nitrogen functional groups attached to an aromatic ring is 1. The van der Waals surface area contributed by atoms with E-state index in [2.05, 4.69) is 9.97 Å². The van der Waals surface area contributed by atoms with Gasteiger partial charge in [0.15, 0.2) is 0 Å². The summed E-state index contributed by atoms with van der Waals surface area (Å²) in [4.78, 5) is 18.6. The molecule has 2 aromatic heterocycles. The normalized spacial score (nSPS) is 11.2. The van der Waals surface area contributed by atoms with E-state index >= 15 is 0 Å². The van der Waals surface area contributed by atoms with Gasteiger partial charge in [-0.15, -0.1) is 0 Å². The summed E-state index contributed by atoms with van der Waals surface area (Å²) in [5.41, 5.74) is 6.33. The molecule has 0 aromatic carbocycles. The number of nitrogens with two attached hydrogens (primary N) is 1. The molecule has 0 bridgehead atoms. The first-order chi connectivity index (χ1) is 7.50. The summed E-state index contributed by atoms with van der Waals surface area (Å²) in [5, 5.41) is 11.0. The lowest BCUT2D eigenvalue weighted by Crippen LogP contribution is -2.00. The summed E-state index contributed by atoms with van der Waals surface area (Å²) in [6, 6.07) is 0. The summed E-state index contributed by atoms with van der Waals surface area (Å²) < 4.78 is 1.31. The van der Waals surface area contributed by atoms with Crippen molar-refractivity contribution < 1.29 is 4.92 Å². The van der Waals surface area contributed by atoms with Crippen molar-refractivity contribution in [3.05, 3.63) is 28.2 Å². The minimum atomic E-state index is -0.462. The lowest BCUT2D eigenvalue weighted by Gasteiger charge is -1.99. The summed E-state index contributed by atoms with van der Waals surface area (Å²) in [6.07, 6.45) is 2.88. The van der Waals surface area contributed by atoms with Gasteiger partial charge >= 0.3 is 11.6 Å². The van der Waals surface area contributed by atoms with Crippen molar-refractivity contribution in [2.45, 2.75) is 19.8 Å². The number of imidazole rings is 1. The Morgan fingerprint density at radius 3 is 2.81 bits per heavy atom. The monoisotopic (exact) mass is 221 g/mol. The van der Waals surface area contributed by atoms with Gasteiger partial charge in [0, 0.05) is 5.92 Å². The molecule has 0 radical (unpaired) electrons. The van der Waals surface area contributed by atoms with Gasteiger partial charge in [0.2, 0.25) is 0 Å². The molecule has 0 saturated heterocycles. The van der Waals surface area contributed by atoms with E-state index in [9.17, 15) is 10.1 Å². The first-order valence-electron chi connectivity index (χ1n) is 4.78. The molecule has 2 heterocycles. The van der Waals surface area contributed by atoms with Crippen LogP contribution in [0.2, 0.25) is 0 Å². The first-order valence-corrected chi connectivity index (χ1v) is 4.78. The molecule has 0 aliphatic rings. The lowest BCUT2D eigenvalue weighted by molar-refractivity contribution is -0.391. The Kier molecular flexibility index (Phi) is 2.22. The second-order valence-corrected chi connectivity index (χ2v) is 3.79. The van der Waals surface area contributed by atoms with E-state index in [1.165, 1.54) is 16.8 Å². The topological polar surface area (TPSA) is 99.3 Å². The van der Waals surface area contributed by atoms with Crippen LogP contribution in [0, 0.1) is 10.1 Å². The zero-order valence-electron chi connectivity index (χ0n) is 8.91. The maximum atomic E-state index is 11.0. The van der Waals surface area contributed by atoms with Crippen LogP contribution in [-0.4, -0.2) is 19.3 Å². The minimum absolute atomic E-state index is 0.0386. The predicted molar refractivity (Wildman–Crippen MR) is 58.1 cm³/mol. The van der Waals surface area contributed by atoms with Gasteiger partial charge < -0.3 is 15.8 Å². The zero-order valence-corrected chi connectivity index (χ0v) is 8.91. The van der Waals surface area contributed by atoms with Gasteiger partial charge in [-0.2, -0.15) is 14.4 Å². The molecule has 7 nitrogen and oxygen atoms in total. The number of anilines is 1. The van der Waals surface area contributed by atoms with Gasteiger partial charge in [0.05, 0.1) is 11.9 Å². The van der Waals surface area contributed by atoms with Crippen LogP contribution in [0.15, 0.2) is 12.4 Å². The molecule has 7 heteroatoms. The number of nitro groups is 1. The van der Waals surface area contributed by atoms with Crippen LogP contribution in [0.5, 0.6) is 0 Å². The number of rotatable bonds is 2. The molecule has 16 heavy (non-hydrogen) atoms. The van der Waals surface area contributed by atoms with Crippen LogP contribution < -0.4 is 5.73 Å². The molecule has 0 saturated carbocycles. The van der Waals surface area contributed by atoms with Crippen molar-refractivity contribution in [3.8, 4) is 0 Å². The smallest absolute Gasteiger partial charge is 0.352 e. The number of hydrogen-bond donors (Lipinski definition) is 1. The van der Waals surface area contributed by atoms with Crippen molar-refractivity contribution in [3.63, 3.8) is 0 Å². The van der Waals surface area contributed by atoms with Crippen molar-refractivity contribution in [2.24, 2.45) is 0 Å². The molecule has 0 spiro atoms. The molecule has 2 N–H and O–H groups in total.